The van der Waals surface area contributed by atoms with Crippen LogP contribution in [0.4, 0.5) is 0 Å². The monoisotopic (exact) mass is 418 g/mol. The molecule has 0 aromatic heterocycles. The van der Waals surface area contributed by atoms with Crippen molar-refractivity contribution in [2.45, 2.75) is 111 Å². The summed E-state index contributed by atoms with van der Waals surface area (Å²) in [6.07, 6.45) is 10.4. The van der Waals surface area contributed by atoms with E-state index in [4.69, 9.17) is 18.9 Å². The lowest BCUT2D eigenvalue weighted by Gasteiger charge is -2.62. The van der Waals surface area contributed by atoms with Crippen LogP contribution in [0, 0.1) is 28.1 Å². The van der Waals surface area contributed by atoms with Gasteiger partial charge in [-0.3, -0.25) is 0 Å². The fourth-order valence-corrected chi connectivity index (χ4v) is 7.56. The molecule has 4 heteroatoms. The zero-order valence-corrected chi connectivity index (χ0v) is 20.2. The van der Waals surface area contributed by atoms with Gasteiger partial charge in [0.2, 0.25) is 0 Å². The Morgan fingerprint density at radius 1 is 0.833 bits per heavy atom. The van der Waals surface area contributed by atoms with Crippen molar-refractivity contribution in [1.29, 1.82) is 0 Å². The number of hydrogen-bond donors (Lipinski definition) is 0. The SMILES string of the molecule is CC1(C)OC[C@@H]([C@@]2(C)CC[C@@]3(C)[C@@H](CC=C4[C@@H]3CC[C@H]3OC(C)(C)OC[C@@]43C)C2)O1. The van der Waals surface area contributed by atoms with Crippen molar-refractivity contribution in [3.8, 4) is 0 Å². The minimum Gasteiger partial charge on any atom is -0.350 e. The minimum atomic E-state index is -0.456. The van der Waals surface area contributed by atoms with Gasteiger partial charge in [-0.25, -0.2) is 0 Å². The Morgan fingerprint density at radius 3 is 2.23 bits per heavy atom. The molecular formula is C26H42O4. The van der Waals surface area contributed by atoms with Gasteiger partial charge in [-0.05, 0) is 88.9 Å². The third-order valence-corrected chi connectivity index (χ3v) is 9.69. The van der Waals surface area contributed by atoms with E-state index in [1.807, 2.05) is 13.8 Å². The topological polar surface area (TPSA) is 36.9 Å². The van der Waals surface area contributed by atoms with Crippen molar-refractivity contribution in [2.75, 3.05) is 13.2 Å². The number of allylic oxidation sites excluding steroid dienone is 1. The molecule has 5 aliphatic rings. The van der Waals surface area contributed by atoms with E-state index in [0.717, 1.165) is 25.6 Å². The van der Waals surface area contributed by atoms with Crippen LogP contribution in [-0.4, -0.2) is 37.0 Å². The van der Waals surface area contributed by atoms with Crippen molar-refractivity contribution in [2.24, 2.45) is 28.1 Å². The second-order valence-electron chi connectivity index (χ2n) is 12.6. The lowest BCUT2D eigenvalue weighted by Crippen LogP contribution is -2.59. The predicted molar refractivity (Wildman–Crippen MR) is 117 cm³/mol. The van der Waals surface area contributed by atoms with E-state index < -0.39 is 11.6 Å². The molecule has 0 unspecified atom stereocenters. The molecule has 0 amide bonds. The number of fused-ring (bicyclic) bond motifs is 5. The van der Waals surface area contributed by atoms with Gasteiger partial charge in [0.25, 0.3) is 0 Å². The van der Waals surface area contributed by atoms with Gasteiger partial charge in [0, 0.05) is 5.41 Å². The van der Waals surface area contributed by atoms with Crippen LogP contribution in [0.2, 0.25) is 0 Å². The summed E-state index contributed by atoms with van der Waals surface area (Å²) in [7, 11) is 0. The molecule has 2 aliphatic heterocycles. The maximum absolute atomic E-state index is 6.43. The second-order valence-corrected chi connectivity index (χ2v) is 12.6. The van der Waals surface area contributed by atoms with Gasteiger partial charge in [0.15, 0.2) is 11.6 Å². The van der Waals surface area contributed by atoms with Crippen LogP contribution >= 0.6 is 0 Å². The fourth-order valence-electron chi connectivity index (χ4n) is 7.56. The molecule has 7 atom stereocenters. The third kappa shape index (κ3) is 3.16. The molecule has 170 valence electrons. The van der Waals surface area contributed by atoms with E-state index in [2.05, 4.69) is 40.7 Å². The Kier molecular flexibility index (Phi) is 4.68. The van der Waals surface area contributed by atoms with E-state index in [-0.39, 0.29) is 23.0 Å². The van der Waals surface area contributed by atoms with Crippen LogP contribution in [0.3, 0.4) is 0 Å². The quantitative estimate of drug-likeness (QED) is 0.501. The third-order valence-electron chi connectivity index (χ3n) is 9.69. The van der Waals surface area contributed by atoms with E-state index in [0.29, 0.717) is 11.3 Å². The number of rotatable bonds is 1. The van der Waals surface area contributed by atoms with Crippen molar-refractivity contribution in [1.82, 2.24) is 0 Å². The molecule has 4 fully saturated rings. The molecule has 0 aromatic rings. The Hall–Kier alpha value is -0.420. The van der Waals surface area contributed by atoms with Gasteiger partial charge < -0.3 is 18.9 Å². The van der Waals surface area contributed by atoms with Crippen molar-refractivity contribution < 1.29 is 18.9 Å². The Balaban J connectivity index is 1.39. The molecular weight excluding hydrogens is 376 g/mol. The molecule has 0 bridgehead atoms. The average Bonchev–Trinajstić information content (AvgIpc) is 3.03. The lowest BCUT2D eigenvalue weighted by atomic mass is 9.46. The van der Waals surface area contributed by atoms with E-state index in [1.54, 1.807) is 5.57 Å². The minimum absolute atomic E-state index is 0.0274. The second kappa shape index (κ2) is 6.56. The lowest BCUT2D eigenvalue weighted by molar-refractivity contribution is -0.316. The molecule has 0 N–H and O–H groups in total. The first-order valence-corrected chi connectivity index (χ1v) is 12.2. The molecule has 0 radical (unpaired) electrons. The molecule has 0 aromatic carbocycles. The van der Waals surface area contributed by atoms with Crippen LogP contribution in [0.25, 0.3) is 0 Å². The van der Waals surface area contributed by atoms with E-state index >= 15 is 0 Å². The van der Waals surface area contributed by atoms with Gasteiger partial charge in [0.05, 0.1) is 25.4 Å². The molecule has 2 saturated heterocycles. The highest BCUT2D eigenvalue weighted by atomic mass is 16.7. The Morgan fingerprint density at radius 2 is 1.53 bits per heavy atom. The summed E-state index contributed by atoms with van der Waals surface area (Å²) in [5.41, 5.74) is 2.25. The predicted octanol–water partition coefficient (Wildman–Crippen LogP) is 5.85. The van der Waals surface area contributed by atoms with Crippen LogP contribution in [-0.2, 0) is 18.9 Å². The fraction of sp³-hybridized carbons (Fsp3) is 0.923. The standard InChI is InChI=1S/C26H42O4/c1-22(2)27-15-21(30-22)24(5)12-13-25(6)17(14-24)8-9-19-18(25)10-11-20-26(19,7)16-28-23(3,4)29-20/h9,17-18,20-21H,8,10-16H2,1-7H3/t17-,18-,20+,21-,24-,25-,26-/m0/s1. The first kappa shape index (κ1) is 21.4. The number of hydrogen-bond acceptors (Lipinski definition) is 4. The van der Waals surface area contributed by atoms with Gasteiger partial charge in [-0.15, -0.1) is 0 Å². The normalized spacial score (nSPS) is 52.0. The largest absolute Gasteiger partial charge is 0.350 e. The first-order chi connectivity index (χ1) is 13.9. The van der Waals surface area contributed by atoms with E-state index in [9.17, 15) is 0 Å². The molecule has 2 heterocycles. The van der Waals surface area contributed by atoms with E-state index in [1.165, 1.54) is 32.1 Å². The van der Waals surface area contributed by atoms with Crippen LogP contribution in [0.5, 0.6) is 0 Å². The van der Waals surface area contributed by atoms with Gasteiger partial charge >= 0.3 is 0 Å². The molecule has 3 aliphatic carbocycles. The first-order valence-electron chi connectivity index (χ1n) is 12.2. The van der Waals surface area contributed by atoms with Crippen molar-refractivity contribution >= 4 is 0 Å². The summed E-state index contributed by atoms with van der Waals surface area (Å²) in [5, 5.41) is 0. The highest BCUT2D eigenvalue weighted by Gasteiger charge is 2.60. The van der Waals surface area contributed by atoms with Gasteiger partial charge in [-0.2, -0.15) is 0 Å². The van der Waals surface area contributed by atoms with Crippen LogP contribution in [0.1, 0.15) is 87.0 Å². The number of ether oxygens (including phenoxy) is 4. The van der Waals surface area contributed by atoms with Gasteiger partial charge in [0.1, 0.15) is 0 Å². The smallest absolute Gasteiger partial charge is 0.163 e. The molecule has 5 rings (SSSR count). The summed E-state index contributed by atoms with van der Waals surface area (Å²) in [4.78, 5) is 0. The van der Waals surface area contributed by atoms with Gasteiger partial charge in [-0.1, -0.05) is 32.4 Å². The molecule has 30 heavy (non-hydrogen) atoms. The Labute approximate surface area is 183 Å². The van der Waals surface area contributed by atoms with Crippen LogP contribution < -0.4 is 0 Å². The summed E-state index contributed by atoms with van der Waals surface area (Å²) >= 11 is 0. The molecule has 4 nitrogen and oxygen atoms in total. The highest BCUT2D eigenvalue weighted by molar-refractivity contribution is 5.29. The molecule has 0 spiro atoms. The Bertz CT molecular complexity index is 741. The summed E-state index contributed by atoms with van der Waals surface area (Å²) in [6, 6.07) is 0. The molecule has 2 saturated carbocycles. The van der Waals surface area contributed by atoms with Crippen LogP contribution in [0.15, 0.2) is 11.6 Å². The highest BCUT2D eigenvalue weighted by Crippen LogP contribution is 2.65. The summed E-state index contributed by atoms with van der Waals surface area (Å²) < 4.78 is 24.9. The maximum Gasteiger partial charge on any atom is 0.163 e. The average molecular weight is 419 g/mol. The van der Waals surface area contributed by atoms with Crippen molar-refractivity contribution in [3.05, 3.63) is 11.6 Å². The van der Waals surface area contributed by atoms with Crippen molar-refractivity contribution in [3.63, 3.8) is 0 Å². The summed E-state index contributed by atoms with van der Waals surface area (Å²) in [5.74, 6) is 0.491. The zero-order chi connectivity index (χ0) is 21.6. The zero-order valence-electron chi connectivity index (χ0n) is 20.2. The maximum atomic E-state index is 6.43. The summed E-state index contributed by atoms with van der Waals surface area (Å²) in [6.45, 7) is 17.2.